The number of amides is 3. The lowest BCUT2D eigenvalue weighted by molar-refractivity contribution is -0.135. The number of rotatable bonds is 10. The maximum absolute atomic E-state index is 14.0. The Morgan fingerprint density at radius 3 is 2.68 bits per heavy atom. The quantitative estimate of drug-likeness (QED) is 0.484. The number of hydrogen-bond acceptors (Lipinski definition) is 5. The third-order valence-corrected chi connectivity index (χ3v) is 7.01. The van der Waals surface area contributed by atoms with Crippen LogP contribution in [0.2, 0.25) is 0 Å². The number of carbonyl (C=O) groups excluding carboxylic acids is 3. The van der Waals surface area contributed by atoms with Crippen molar-refractivity contribution in [1.82, 2.24) is 10.3 Å². The third kappa shape index (κ3) is 5.79. The smallest absolute Gasteiger partial charge is 0.272 e. The van der Waals surface area contributed by atoms with E-state index in [-0.39, 0.29) is 24.8 Å². The van der Waals surface area contributed by atoms with Crippen molar-refractivity contribution in [2.24, 2.45) is 28.5 Å². The fourth-order valence-corrected chi connectivity index (χ4v) is 5.30. The topological polar surface area (TPSA) is 118 Å². The predicted octanol–water partition coefficient (Wildman–Crippen LogP) is 3.54. The van der Waals surface area contributed by atoms with Gasteiger partial charge in [0.05, 0.1) is 29.8 Å². The largest absolute Gasteiger partial charge is 0.369 e. The van der Waals surface area contributed by atoms with Gasteiger partial charge in [0.2, 0.25) is 18.0 Å². The number of aliphatic imine (C=N–C) groups is 1. The van der Waals surface area contributed by atoms with Crippen LogP contribution in [0.15, 0.2) is 60.2 Å². The molecule has 4 rings (SSSR count). The van der Waals surface area contributed by atoms with E-state index in [1.807, 2.05) is 44.2 Å². The van der Waals surface area contributed by atoms with Gasteiger partial charge >= 0.3 is 0 Å². The Hall–Kier alpha value is -3.81. The number of nitrogens with zero attached hydrogens (tertiary/aromatic N) is 3. The molecule has 3 atom stereocenters. The predicted molar refractivity (Wildman–Crippen MR) is 144 cm³/mol. The molecule has 194 valence electrons. The lowest BCUT2D eigenvalue weighted by Gasteiger charge is -2.28. The van der Waals surface area contributed by atoms with Crippen molar-refractivity contribution in [2.75, 3.05) is 4.90 Å². The average molecular weight is 502 g/mol. The summed E-state index contributed by atoms with van der Waals surface area (Å²) in [4.78, 5) is 50.8. The Labute approximate surface area is 218 Å². The highest BCUT2D eigenvalue weighted by molar-refractivity contribution is 6.14. The number of benzene rings is 1. The van der Waals surface area contributed by atoms with Gasteiger partial charge in [0.25, 0.3) is 5.91 Å². The molecule has 0 saturated heterocycles. The molecule has 0 saturated carbocycles. The molecule has 8 heteroatoms. The van der Waals surface area contributed by atoms with Crippen LogP contribution in [0.3, 0.4) is 0 Å². The molecule has 1 aromatic heterocycles. The van der Waals surface area contributed by atoms with Crippen LogP contribution < -0.4 is 16.0 Å². The number of aromatic nitrogens is 1. The molecule has 0 bridgehead atoms. The molecule has 1 unspecified atom stereocenters. The maximum atomic E-state index is 14.0. The third-order valence-electron chi connectivity index (χ3n) is 7.01. The zero-order chi connectivity index (χ0) is 26.5. The molecular weight excluding hydrogens is 466 g/mol. The SMILES string of the molecule is C=CC[C@H](C(N)=O)[C@@H](CC(C)C)C(=O)NC1N=C2CCCc3cccc(c32)N(Cc2ccccn2)C1=O. The second-order valence-electron chi connectivity index (χ2n) is 10.2. The van der Waals surface area contributed by atoms with Gasteiger partial charge in [0.15, 0.2) is 0 Å². The van der Waals surface area contributed by atoms with E-state index in [1.165, 1.54) is 0 Å². The van der Waals surface area contributed by atoms with Crippen molar-refractivity contribution in [2.45, 2.75) is 58.7 Å². The molecule has 37 heavy (non-hydrogen) atoms. The normalized spacial score (nSPS) is 18.4. The lowest BCUT2D eigenvalue weighted by Crippen LogP contribution is -2.50. The summed E-state index contributed by atoms with van der Waals surface area (Å²) in [6.45, 7) is 7.94. The van der Waals surface area contributed by atoms with Gasteiger partial charge in [0.1, 0.15) is 0 Å². The first-order valence-corrected chi connectivity index (χ1v) is 12.9. The number of nitrogens with one attached hydrogen (secondary N) is 1. The Bertz CT molecular complexity index is 1210. The van der Waals surface area contributed by atoms with Crippen LogP contribution in [0.5, 0.6) is 0 Å². The highest BCUT2D eigenvalue weighted by Crippen LogP contribution is 2.35. The van der Waals surface area contributed by atoms with Gasteiger partial charge in [-0.05, 0) is 61.8 Å². The van der Waals surface area contributed by atoms with Crippen molar-refractivity contribution in [3.05, 3.63) is 72.1 Å². The number of aryl methyl sites for hydroxylation is 1. The standard InChI is InChI=1S/C29H35N5O3/c1-4-9-21(26(30)35)22(16-18(2)3)28(36)33-27-29(37)34(17-20-12-5-6-15-31-20)24-14-8-11-19-10-7-13-23(32-27)25(19)24/h4-6,8,11-12,14-15,18,21-22,27H,1,7,9-10,13,16-17H2,2-3H3,(H2,30,35)(H,33,36)/t21-,22+,27?/m0/s1. The summed E-state index contributed by atoms with van der Waals surface area (Å²) < 4.78 is 0. The Morgan fingerprint density at radius 2 is 2.00 bits per heavy atom. The molecule has 0 spiro atoms. The van der Waals surface area contributed by atoms with Crippen LogP contribution in [0.25, 0.3) is 0 Å². The zero-order valence-electron chi connectivity index (χ0n) is 21.5. The van der Waals surface area contributed by atoms with Crippen LogP contribution >= 0.6 is 0 Å². The Kier molecular flexibility index (Phi) is 8.16. The first-order valence-electron chi connectivity index (χ1n) is 12.9. The molecular formula is C29H35N5O3. The monoisotopic (exact) mass is 501 g/mol. The molecule has 2 heterocycles. The summed E-state index contributed by atoms with van der Waals surface area (Å²) in [6, 6.07) is 11.5. The summed E-state index contributed by atoms with van der Waals surface area (Å²) in [5.74, 6) is -2.56. The van der Waals surface area contributed by atoms with Crippen molar-refractivity contribution in [3.8, 4) is 0 Å². The number of carbonyl (C=O) groups is 3. The van der Waals surface area contributed by atoms with Gasteiger partial charge in [-0.3, -0.25) is 24.4 Å². The minimum atomic E-state index is -1.11. The van der Waals surface area contributed by atoms with Crippen LogP contribution in [0.4, 0.5) is 5.69 Å². The molecule has 8 nitrogen and oxygen atoms in total. The summed E-state index contributed by atoms with van der Waals surface area (Å²) in [5.41, 5.74) is 10.1. The summed E-state index contributed by atoms with van der Waals surface area (Å²) in [7, 11) is 0. The molecule has 1 aromatic carbocycles. The molecule has 0 fully saturated rings. The van der Waals surface area contributed by atoms with Gasteiger partial charge in [0, 0.05) is 17.5 Å². The summed E-state index contributed by atoms with van der Waals surface area (Å²) in [5, 5.41) is 2.89. The van der Waals surface area contributed by atoms with Gasteiger partial charge in [-0.25, -0.2) is 0 Å². The van der Waals surface area contributed by atoms with Gasteiger partial charge in [-0.2, -0.15) is 0 Å². The van der Waals surface area contributed by atoms with Crippen molar-refractivity contribution >= 4 is 29.1 Å². The maximum Gasteiger partial charge on any atom is 0.272 e. The highest BCUT2D eigenvalue weighted by Gasteiger charge is 2.38. The van der Waals surface area contributed by atoms with Crippen LogP contribution in [0.1, 0.15) is 56.4 Å². The van der Waals surface area contributed by atoms with Crippen molar-refractivity contribution < 1.29 is 14.4 Å². The second-order valence-corrected chi connectivity index (χ2v) is 10.2. The molecule has 3 N–H and O–H groups in total. The molecule has 0 radical (unpaired) electrons. The lowest BCUT2D eigenvalue weighted by atomic mass is 9.82. The van der Waals surface area contributed by atoms with E-state index in [9.17, 15) is 14.4 Å². The molecule has 2 aliphatic rings. The van der Waals surface area contributed by atoms with E-state index >= 15 is 0 Å². The number of primary amides is 1. The highest BCUT2D eigenvalue weighted by atomic mass is 16.2. The van der Waals surface area contributed by atoms with Crippen LogP contribution in [0, 0.1) is 17.8 Å². The van der Waals surface area contributed by atoms with E-state index in [2.05, 4.69) is 22.9 Å². The Morgan fingerprint density at radius 1 is 1.19 bits per heavy atom. The zero-order valence-corrected chi connectivity index (χ0v) is 21.5. The summed E-state index contributed by atoms with van der Waals surface area (Å²) in [6.07, 6.45) is 5.46. The van der Waals surface area contributed by atoms with Crippen molar-refractivity contribution in [1.29, 1.82) is 0 Å². The molecule has 1 aliphatic carbocycles. The minimum absolute atomic E-state index is 0.143. The summed E-state index contributed by atoms with van der Waals surface area (Å²) >= 11 is 0. The number of allylic oxidation sites excluding steroid dienone is 1. The fraction of sp³-hybridized carbons (Fsp3) is 0.414. The number of nitrogens with two attached hydrogens (primary N) is 1. The Balaban J connectivity index is 1.72. The van der Waals surface area contributed by atoms with Gasteiger partial charge in [-0.15, -0.1) is 6.58 Å². The van der Waals surface area contributed by atoms with E-state index in [4.69, 9.17) is 10.7 Å². The van der Waals surface area contributed by atoms with E-state index in [0.29, 0.717) is 6.42 Å². The first kappa shape index (κ1) is 26.3. The second kappa shape index (κ2) is 11.5. The van der Waals surface area contributed by atoms with Gasteiger partial charge in [-0.1, -0.05) is 38.1 Å². The average Bonchev–Trinajstić information content (AvgIpc) is 2.98. The first-order chi connectivity index (χ1) is 17.8. The molecule has 2 aromatic rings. The molecule has 3 amide bonds. The van der Waals surface area contributed by atoms with Gasteiger partial charge < -0.3 is 16.0 Å². The van der Waals surface area contributed by atoms with E-state index in [1.54, 1.807) is 17.2 Å². The minimum Gasteiger partial charge on any atom is -0.369 e. The van der Waals surface area contributed by atoms with Crippen molar-refractivity contribution in [3.63, 3.8) is 0 Å². The van der Waals surface area contributed by atoms with E-state index < -0.39 is 29.8 Å². The van der Waals surface area contributed by atoms with Crippen LogP contribution in [-0.4, -0.2) is 34.6 Å². The molecule has 1 aliphatic heterocycles. The number of pyridine rings is 1. The van der Waals surface area contributed by atoms with Crippen LogP contribution in [-0.2, 0) is 27.3 Å². The fourth-order valence-electron chi connectivity index (χ4n) is 5.30. The number of anilines is 1. The van der Waals surface area contributed by atoms with E-state index in [0.717, 1.165) is 47.5 Å². The number of hydrogen-bond donors (Lipinski definition) is 2.